The van der Waals surface area contributed by atoms with E-state index in [1.54, 1.807) is 97.3 Å². The summed E-state index contributed by atoms with van der Waals surface area (Å²) in [5.41, 5.74) is 15.9. The summed E-state index contributed by atoms with van der Waals surface area (Å²) < 4.78 is 0. The molecule has 9 unspecified atom stereocenters. The minimum absolute atomic E-state index is 0.169. The van der Waals surface area contributed by atoms with Crippen molar-refractivity contribution in [3.05, 3.63) is 163 Å². The van der Waals surface area contributed by atoms with Crippen LogP contribution < -0.4 is 10.4 Å². The van der Waals surface area contributed by atoms with Gasteiger partial charge in [0, 0.05) is 29.2 Å². The first kappa shape index (κ1) is 27.6. The summed E-state index contributed by atoms with van der Waals surface area (Å²) in [6.07, 6.45) is 10.7. The summed E-state index contributed by atoms with van der Waals surface area (Å²) in [4.78, 5) is 3.83. The van der Waals surface area contributed by atoms with Crippen LogP contribution in [0.15, 0.2) is 96.7 Å². The Balaban J connectivity index is 1.02. The van der Waals surface area contributed by atoms with E-state index in [4.69, 9.17) is 6.57 Å². The molecule has 9 atom stereocenters. The van der Waals surface area contributed by atoms with Crippen LogP contribution >= 0.6 is 0 Å². The first-order chi connectivity index (χ1) is 29.8. The van der Waals surface area contributed by atoms with Crippen LogP contribution in [0.25, 0.3) is 114 Å². The molecule has 0 aliphatic heterocycles. The van der Waals surface area contributed by atoms with Gasteiger partial charge < -0.3 is 0 Å². The molecule has 268 valence electrons. The van der Waals surface area contributed by atoms with Gasteiger partial charge in [-0.05, 0) is 182 Å². The fraction of sp³-hybridized carbons (Fsp3) is 0.172. The highest BCUT2D eigenvalue weighted by Gasteiger charge is 2.67. The second-order valence-corrected chi connectivity index (χ2v) is 20.3. The Bertz CT molecular complexity index is 4370. The zero-order valence-corrected chi connectivity index (χ0v) is 31.9. The van der Waals surface area contributed by atoms with E-state index >= 15 is 0 Å². The normalized spacial score (nSPS) is 30.7. The van der Waals surface area contributed by atoms with Gasteiger partial charge in [-0.15, -0.1) is 0 Å². The van der Waals surface area contributed by atoms with Gasteiger partial charge in [0.25, 0.3) is 5.70 Å². The number of rotatable bonds is 1. The summed E-state index contributed by atoms with van der Waals surface area (Å²) in [5, 5.41) is 38.8. The van der Waals surface area contributed by atoms with E-state index in [1.165, 1.54) is 38.2 Å². The van der Waals surface area contributed by atoms with Gasteiger partial charge in [-0.25, -0.2) is 10.1 Å². The van der Waals surface area contributed by atoms with E-state index in [-0.39, 0.29) is 11.6 Å². The van der Waals surface area contributed by atoms with Crippen molar-refractivity contribution >= 4 is 109 Å². The van der Waals surface area contributed by atoms with Crippen molar-refractivity contribution in [2.75, 3.05) is 0 Å². The molecule has 0 bridgehead atoms. The van der Waals surface area contributed by atoms with Crippen LogP contribution in [0.5, 0.6) is 0 Å². The third-order valence-electron chi connectivity index (χ3n) is 19.2. The van der Waals surface area contributed by atoms with Crippen molar-refractivity contribution in [1.29, 1.82) is 5.26 Å². The Morgan fingerprint density at radius 1 is 0.517 bits per heavy atom. The van der Waals surface area contributed by atoms with Crippen molar-refractivity contribution in [2.45, 2.75) is 23.7 Å². The Kier molecular flexibility index (Phi) is 3.63. The van der Waals surface area contributed by atoms with Crippen LogP contribution in [0.1, 0.15) is 68.2 Å². The Labute approximate surface area is 341 Å². The van der Waals surface area contributed by atoms with E-state index in [9.17, 15) is 5.26 Å². The van der Waals surface area contributed by atoms with Gasteiger partial charge in [0.2, 0.25) is 0 Å². The molecule has 2 nitrogen and oxygen atoms in total. The molecule has 60 heavy (non-hydrogen) atoms. The van der Waals surface area contributed by atoms with E-state index in [0.717, 1.165) is 16.7 Å². The summed E-state index contributed by atoms with van der Waals surface area (Å²) in [5.74, 6) is 4.43. The molecule has 20 rings (SSSR count). The molecule has 0 heterocycles. The number of nitrogens with zero attached hydrogens (tertiary/aromatic N) is 2. The monoisotopic (exact) mass is 750 g/mol. The second kappa shape index (κ2) is 7.88. The van der Waals surface area contributed by atoms with Crippen LogP contribution in [0, 0.1) is 53.4 Å². The molecular formula is C58H26N2. The predicted octanol–water partition coefficient (Wildman–Crippen LogP) is 11.8. The summed E-state index contributed by atoms with van der Waals surface area (Å²) >= 11 is 0. The first-order valence-electron chi connectivity index (χ1n) is 22.2. The van der Waals surface area contributed by atoms with Crippen LogP contribution in [0.4, 0.5) is 0 Å². The zero-order chi connectivity index (χ0) is 37.8. The molecular weight excluding hydrogens is 725 g/mol. The SMILES string of the molecule is [C-]#[N+]C(C#N)=C1c2ccccc2C(C2C3C4=c5c6c7c8c9c%10c%11c(c%12ccc%13c%14ccc%15c(c5c5c%15c%14c(c%13c%12%10)c9c75)C32)C=CC2C%11C=8C3C2C=CC4C63)c2ccccc21. The molecule has 2 saturated carbocycles. The summed E-state index contributed by atoms with van der Waals surface area (Å²) in [7, 11) is 0. The Hall–Kier alpha value is -7.00. The molecule has 0 aromatic heterocycles. The average Bonchev–Trinajstić information content (AvgIpc) is 3.82. The van der Waals surface area contributed by atoms with E-state index in [1.807, 2.05) is 5.57 Å². The Morgan fingerprint density at radius 3 is 1.97 bits per heavy atom. The lowest BCUT2D eigenvalue weighted by Gasteiger charge is -2.38. The molecule has 2 heteroatoms. The van der Waals surface area contributed by atoms with Gasteiger partial charge in [-0.1, -0.05) is 103 Å². The second-order valence-electron chi connectivity index (χ2n) is 20.3. The lowest BCUT2D eigenvalue weighted by Crippen LogP contribution is -2.33. The molecule has 0 radical (unpaired) electrons. The molecule has 9 aliphatic carbocycles. The molecule has 0 N–H and O–H groups in total. The van der Waals surface area contributed by atoms with E-state index in [2.05, 4.69) is 108 Å². The van der Waals surface area contributed by atoms with Gasteiger partial charge in [0.1, 0.15) is 0 Å². The third-order valence-corrected chi connectivity index (χ3v) is 19.2. The minimum Gasteiger partial charge on any atom is -0.226 e. The van der Waals surface area contributed by atoms with Gasteiger partial charge in [0.05, 0.1) is 12.6 Å². The van der Waals surface area contributed by atoms with E-state index < -0.39 is 0 Å². The maximum Gasteiger partial charge on any atom is 0.270 e. The summed E-state index contributed by atoms with van der Waals surface area (Å²) in [6, 6.07) is 30.0. The molecule has 9 aliphatic rings. The number of hydrogen-bond donors (Lipinski definition) is 0. The molecule has 11 aromatic carbocycles. The van der Waals surface area contributed by atoms with Crippen LogP contribution in [0.2, 0.25) is 0 Å². The number of hydrogen-bond acceptors (Lipinski definition) is 1. The first-order valence-corrected chi connectivity index (χ1v) is 22.2. The maximum atomic E-state index is 10.3. The quantitative estimate of drug-likeness (QED) is 0.0711. The Morgan fingerprint density at radius 2 is 1.18 bits per heavy atom. The minimum atomic E-state index is 0.169. The largest absolute Gasteiger partial charge is 0.270 e. The van der Waals surface area contributed by atoms with Gasteiger partial charge in [-0.2, -0.15) is 0 Å². The fourth-order valence-corrected chi connectivity index (χ4v) is 18.1. The van der Waals surface area contributed by atoms with Crippen molar-refractivity contribution in [1.82, 2.24) is 0 Å². The van der Waals surface area contributed by atoms with Gasteiger partial charge in [0.15, 0.2) is 0 Å². The molecule has 0 spiro atoms. The summed E-state index contributed by atoms with van der Waals surface area (Å²) in [6.45, 7) is 8.09. The van der Waals surface area contributed by atoms with Crippen molar-refractivity contribution in [3.8, 4) is 6.07 Å². The maximum absolute atomic E-state index is 10.3. The van der Waals surface area contributed by atoms with Gasteiger partial charge >= 0.3 is 0 Å². The topological polar surface area (TPSA) is 28.1 Å². The number of fused-ring (bicyclic) bond motifs is 10. The lowest BCUT2D eigenvalue weighted by atomic mass is 9.64. The molecule has 0 saturated heterocycles. The standard InChI is InChI=1S/C58H26N2/c1-60-31(18-59)32-19-6-2-4-8-21(19)33(22-9-5-3-7-20(22)32)44-50-42-29-16-14-27-25-12-10-23-24-11-13-26-28-15-17-30-41-39(28)47-37(26)35(24)45-34(23)36(25)46-38(27)40(29)48-52(42)53(43(30)51(44)50)49(41)58-56(47)54(45)55(46)57(48)58/h2-17,25,27,29,33,36,38,40,44,50-51H. The van der Waals surface area contributed by atoms with Crippen LogP contribution in [-0.4, -0.2) is 0 Å². The number of nitriles is 1. The van der Waals surface area contributed by atoms with Crippen molar-refractivity contribution < 1.29 is 0 Å². The van der Waals surface area contributed by atoms with Crippen LogP contribution in [0.3, 0.4) is 0 Å². The highest BCUT2D eigenvalue weighted by molar-refractivity contribution is 6.57. The van der Waals surface area contributed by atoms with E-state index in [0.29, 0.717) is 53.3 Å². The molecule has 11 aromatic rings. The lowest BCUT2D eigenvalue weighted by molar-refractivity contribution is 0.344. The molecule has 2 fully saturated rings. The highest BCUT2D eigenvalue weighted by Crippen LogP contribution is 2.77. The van der Waals surface area contributed by atoms with Crippen molar-refractivity contribution in [3.63, 3.8) is 0 Å². The number of allylic oxidation sites excluding steroid dienone is 4. The fourth-order valence-electron chi connectivity index (χ4n) is 18.1. The van der Waals surface area contributed by atoms with Crippen molar-refractivity contribution in [2.24, 2.45) is 35.5 Å². The van der Waals surface area contributed by atoms with Crippen LogP contribution in [-0.2, 0) is 0 Å². The predicted molar refractivity (Wildman–Crippen MR) is 240 cm³/mol. The number of benzene rings is 7. The third kappa shape index (κ3) is 2.20. The smallest absolute Gasteiger partial charge is 0.226 e. The zero-order valence-electron chi connectivity index (χ0n) is 31.9. The molecule has 0 amide bonds. The van der Waals surface area contributed by atoms with Gasteiger partial charge in [-0.3, -0.25) is 0 Å². The average molecular weight is 751 g/mol. The highest BCUT2D eigenvalue weighted by atomic mass is 14.7.